The number of rotatable bonds is 7. The maximum absolute atomic E-state index is 12.7. The van der Waals surface area contributed by atoms with Crippen LogP contribution in [0.3, 0.4) is 0 Å². The summed E-state index contributed by atoms with van der Waals surface area (Å²) in [6.07, 6.45) is 3.94. The van der Waals surface area contributed by atoms with Gasteiger partial charge < -0.3 is 15.6 Å². The summed E-state index contributed by atoms with van der Waals surface area (Å²) in [4.78, 5) is 37.9. The number of carbonyl (C=O) groups excluding carboxylic acids is 2. The van der Waals surface area contributed by atoms with Crippen molar-refractivity contribution in [2.45, 2.75) is 34.6 Å². The molecule has 0 bridgehead atoms. The van der Waals surface area contributed by atoms with E-state index in [1.807, 2.05) is 62.5 Å². The van der Waals surface area contributed by atoms with Crippen molar-refractivity contribution in [1.82, 2.24) is 20.3 Å². The Morgan fingerprint density at radius 2 is 1.73 bits per heavy atom. The lowest BCUT2D eigenvalue weighted by Crippen LogP contribution is -2.32. The summed E-state index contributed by atoms with van der Waals surface area (Å²) in [5, 5.41) is 5.97. The number of aromatic amines is 1. The summed E-state index contributed by atoms with van der Waals surface area (Å²) in [7, 11) is 1.82. The smallest absolute Gasteiger partial charge is 0.251 e. The van der Waals surface area contributed by atoms with Crippen LogP contribution in [-0.2, 0) is 0 Å². The molecule has 0 atom stereocenters. The lowest BCUT2D eigenvalue weighted by atomic mass is 9.93. The quantitative estimate of drug-likeness (QED) is 0.268. The number of nitrogens with one attached hydrogen (secondary N) is 3. The molecule has 37 heavy (non-hydrogen) atoms. The Kier molecular flexibility index (Phi) is 7.25. The molecule has 0 unspecified atom stereocenters. The largest absolute Gasteiger partial charge is 0.359 e. The summed E-state index contributed by atoms with van der Waals surface area (Å²) in [5.41, 5.74) is 6.91. The maximum Gasteiger partial charge on any atom is 0.251 e. The predicted molar refractivity (Wildman–Crippen MR) is 151 cm³/mol. The number of fused-ring (bicyclic) bond motifs is 1. The van der Waals surface area contributed by atoms with Gasteiger partial charge in [-0.2, -0.15) is 0 Å². The Labute approximate surface area is 217 Å². The van der Waals surface area contributed by atoms with Crippen LogP contribution in [0.15, 0.2) is 48.5 Å². The predicted octanol–water partition coefficient (Wildman–Crippen LogP) is 6.12. The highest BCUT2D eigenvalue weighted by atomic mass is 16.1. The lowest BCUT2D eigenvalue weighted by molar-refractivity contribution is 0.0939. The number of nitrogens with zero attached hydrogens (tertiary/aromatic N) is 2. The normalized spacial score (nSPS) is 11.7. The number of hydrogen-bond donors (Lipinski definition) is 3. The molecule has 0 radical (unpaired) electrons. The number of aryl methyl sites for hydroxylation is 1. The van der Waals surface area contributed by atoms with Gasteiger partial charge in [-0.25, -0.2) is 4.98 Å². The van der Waals surface area contributed by atoms with Gasteiger partial charge in [-0.1, -0.05) is 45.0 Å². The second kappa shape index (κ2) is 10.4. The van der Waals surface area contributed by atoms with Gasteiger partial charge in [-0.05, 0) is 66.8 Å². The van der Waals surface area contributed by atoms with Gasteiger partial charge in [-0.3, -0.25) is 14.6 Å². The molecule has 7 nitrogen and oxygen atoms in total. The third-order valence-corrected chi connectivity index (χ3v) is 5.97. The molecule has 3 N–H and O–H groups in total. The van der Waals surface area contributed by atoms with Crippen molar-refractivity contribution in [1.29, 1.82) is 0 Å². The topological polar surface area (TPSA) is 99.8 Å². The molecular weight excluding hydrogens is 462 g/mol. The highest BCUT2D eigenvalue weighted by Crippen LogP contribution is 2.30. The van der Waals surface area contributed by atoms with Crippen LogP contribution < -0.4 is 10.6 Å². The molecule has 0 aliphatic rings. The fourth-order valence-electron chi connectivity index (χ4n) is 4.02. The summed E-state index contributed by atoms with van der Waals surface area (Å²) >= 11 is 0. The van der Waals surface area contributed by atoms with Gasteiger partial charge in [0.05, 0.1) is 16.7 Å². The minimum absolute atomic E-state index is 0.0368. The summed E-state index contributed by atoms with van der Waals surface area (Å²) < 4.78 is 0. The SMILES string of the molecule is CNc1nc2ccc(/C=C/c3nc(C)ccc3-c3ccc(C(=O)NCC(C)(C)C)cc3C(C)=O)cc2[nH]1. The van der Waals surface area contributed by atoms with Crippen molar-refractivity contribution in [2.75, 3.05) is 18.9 Å². The van der Waals surface area contributed by atoms with Gasteiger partial charge >= 0.3 is 0 Å². The fourth-order valence-corrected chi connectivity index (χ4v) is 4.02. The fraction of sp³-hybridized carbons (Fsp3) is 0.267. The zero-order chi connectivity index (χ0) is 26.7. The second-order valence-corrected chi connectivity index (χ2v) is 10.4. The second-order valence-electron chi connectivity index (χ2n) is 10.4. The molecule has 4 aromatic rings. The highest BCUT2D eigenvalue weighted by molar-refractivity contribution is 6.05. The Morgan fingerprint density at radius 3 is 2.43 bits per heavy atom. The van der Waals surface area contributed by atoms with Crippen molar-refractivity contribution < 1.29 is 9.59 Å². The number of H-pyrrole nitrogens is 1. The van der Waals surface area contributed by atoms with Gasteiger partial charge in [0, 0.05) is 36.0 Å². The first-order valence-electron chi connectivity index (χ1n) is 12.3. The summed E-state index contributed by atoms with van der Waals surface area (Å²) in [5.74, 6) is 0.411. The Hall–Kier alpha value is -4.26. The van der Waals surface area contributed by atoms with Crippen LogP contribution in [0.5, 0.6) is 0 Å². The van der Waals surface area contributed by atoms with E-state index in [-0.39, 0.29) is 17.1 Å². The zero-order valence-corrected chi connectivity index (χ0v) is 22.2. The Bertz CT molecular complexity index is 1510. The number of Topliss-reactive ketones (excluding diaryl/α,β-unsaturated/α-hetero) is 1. The van der Waals surface area contributed by atoms with E-state index in [0.29, 0.717) is 23.6 Å². The van der Waals surface area contributed by atoms with E-state index in [1.165, 1.54) is 6.92 Å². The van der Waals surface area contributed by atoms with Crippen LogP contribution in [0.2, 0.25) is 0 Å². The average molecular weight is 496 g/mol. The minimum Gasteiger partial charge on any atom is -0.359 e. The van der Waals surface area contributed by atoms with Crippen molar-refractivity contribution in [3.8, 4) is 11.1 Å². The molecule has 0 saturated carbocycles. The molecule has 0 saturated heterocycles. The molecule has 2 heterocycles. The molecule has 190 valence electrons. The van der Waals surface area contributed by atoms with E-state index in [4.69, 9.17) is 4.98 Å². The van der Waals surface area contributed by atoms with Crippen LogP contribution in [-0.4, -0.2) is 40.2 Å². The van der Waals surface area contributed by atoms with Crippen molar-refractivity contribution >= 4 is 40.8 Å². The van der Waals surface area contributed by atoms with Crippen molar-refractivity contribution in [3.05, 3.63) is 76.6 Å². The third kappa shape index (κ3) is 6.12. The maximum atomic E-state index is 12.7. The van der Waals surface area contributed by atoms with Gasteiger partial charge in [0.25, 0.3) is 5.91 Å². The first-order valence-corrected chi connectivity index (χ1v) is 12.3. The lowest BCUT2D eigenvalue weighted by Gasteiger charge is -2.19. The minimum atomic E-state index is -0.193. The van der Waals surface area contributed by atoms with Gasteiger partial charge in [0.15, 0.2) is 5.78 Å². The van der Waals surface area contributed by atoms with Gasteiger partial charge in [0.1, 0.15) is 0 Å². The van der Waals surface area contributed by atoms with Crippen LogP contribution in [0.25, 0.3) is 34.3 Å². The van der Waals surface area contributed by atoms with Crippen LogP contribution in [0.1, 0.15) is 65.4 Å². The zero-order valence-electron chi connectivity index (χ0n) is 22.2. The average Bonchev–Trinajstić information content (AvgIpc) is 3.28. The van der Waals surface area contributed by atoms with E-state index < -0.39 is 0 Å². The number of amides is 1. The number of anilines is 1. The third-order valence-electron chi connectivity index (χ3n) is 5.97. The van der Waals surface area contributed by atoms with Crippen molar-refractivity contribution in [3.63, 3.8) is 0 Å². The van der Waals surface area contributed by atoms with E-state index in [9.17, 15) is 9.59 Å². The molecular formula is C30H33N5O2. The molecule has 0 spiro atoms. The first-order chi connectivity index (χ1) is 17.5. The van der Waals surface area contributed by atoms with E-state index >= 15 is 0 Å². The number of aromatic nitrogens is 3. The Balaban J connectivity index is 1.70. The molecule has 0 aliphatic heterocycles. The number of ketones is 1. The van der Waals surface area contributed by atoms with Gasteiger partial charge in [-0.15, -0.1) is 0 Å². The molecule has 1 amide bonds. The standard InChI is InChI=1S/C30H33N5O2/c1-18-7-11-23(22-12-10-21(16-24(22)19(2)36)28(37)32-17-30(3,4)5)25(33-18)13-8-20-9-14-26-27(15-20)35-29(31-6)34-26/h7-16H,17H2,1-6H3,(H,32,37)(H2,31,34,35)/b13-8+. The van der Waals surface area contributed by atoms with Crippen LogP contribution >= 0.6 is 0 Å². The molecule has 0 aliphatic carbocycles. The number of carbonyl (C=O) groups is 2. The number of imidazole rings is 1. The molecule has 2 aromatic heterocycles. The number of benzene rings is 2. The molecule has 0 fully saturated rings. The monoisotopic (exact) mass is 495 g/mol. The number of hydrogen-bond acceptors (Lipinski definition) is 5. The Morgan fingerprint density at radius 1 is 0.973 bits per heavy atom. The van der Waals surface area contributed by atoms with Crippen LogP contribution in [0.4, 0.5) is 5.95 Å². The van der Waals surface area contributed by atoms with Crippen molar-refractivity contribution in [2.24, 2.45) is 5.41 Å². The van der Waals surface area contributed by atoms with E-state index in [2.05, 4.69) is 41.4 Å². The molecule has 7 heteroatoms. The van der Waals surface area contributed by atoms with Gasteiger partial charge in [0.2, 0.25) is 5.95 Å². The summed E-state index contributed by atoms with van der Waals surface area (Å²) in [6, 6.07) is 15.2. The molecule has 4 rings (SSSR count). The first kappa shape index (κ1) is 25.8. The summed E-state index contributed by atoms with van der Waals surface area (Å²) in [6.45, 7) is 10.2. The van der Waals surface area contributed by atoms with Crippen LogP contribution in [0, 0.1) is 12.3 Å². The van der Waals surface area contributed by atoms with E-state index in [1.54, 1.807) is 12.1 Å². The van der Waals surface area contributed by atoms with E-state index in [0.717, 1.165) is 39.1 Å². The highest BCUT2D eigenvalue weighted by Gasteiger charge is 2.18. The number of pyridine rings is 1. The molecule has 2 aromatic carbocycles.